The number of ketones is 2. The summed E-state index contributed by atoms with van der Waals surface area (Å²) in [5, 5.41) is 23.4. The molecule has 1 heterocycles. The first kappa shape index (κ1) is 26.0. The molecule has 8 heteroatoms. The third kappa shape index (κ3) is 3.41. The number of aliphatic hydroxyl groups excluding tert-OH is 1. The van der Waals surface area contributed by atoms with Crippen LogP contribution in [0.15, 0.2) is 47.7 Å². The molecule has 2 N–H and O–H groups in total. The largest absolute Gasteiger partial charge is 0.454 e. The maximum Gasteiger partial charge on any atom is 0.336 e. The Bertz CT molecular complexity index is 1170. The molecule has 0 aromatic rings. The molecular formula is C29H36FNO6. The van der Waals surface area contributed by atoms with Crippen LogP contribution in [0, 0.1) is 28.6 Å². The molecule has 4 aliphatic carbocycles. The van der Waals surface area contributed by atoms with Gasteiger partial charge < -0.3 is 19.8 Å². The number of rotatable bonds is 4. The molecule has 5 unspecified atom stereocenters. The normalized spacial score (nSPS) is 44.4. The molecule has 1 aliphatic heterocycles. The van der Waals surface area contributed by atoms with Crippen LogP contribution in [0.1, 0.15) is 46.5 Å². The van der Waals surface area contributed by atoms with Crippen molar-refractivity contribution in [2.24, 2.45) is 28.6 Å². The van der Waals surface area contributed by atoms with Gasteiger partial charge >= 0.3 is 5.97 Å². The van der Waals surface area contributed by atoms with E-state index in [-0.39, 0.29) is 18.1 Å². The van der Waals surface area contributed by atoms with Gasteiger partial charge in [0.25, 0.3) is 0 Å². The molecule has 7 nitrogen and oxygen atoms in total. The highest BCUT2D eigenvalue weighted by atomic mass is 19.1. The minimum Gasteiger partial charge on any atom is -0.454 e. The van der Waals surface area contributed by atoms with E-state index in [0.717, 1.165) is 0 Å². The summed E-state index contributed by atoms with van der Waals surface area (Å²) in [6.45, 7) is 5.03. The smallest absolute Gasteiger partial charge is 0.336 e. The number of halogens is 1. The molecule has 0 aromatic carbocycles. The number of Topliss-reactive ketones (excluding diaryl/α,β-unsaturated/α-hetero) is 1. The predicted octanol–water partition coefficient (Wildman–Crippen LogP) is 2.83. The van der Waals surface area contributed by atoms with Crippen molar-refractivity contribution < 1.29 is 33.7 Å². The molecule has 0 saturated heterocycles. The quantitative estimate of drug-likeness (QED) is 0.557. The Labute approximate surface area is 216 Å². The lowest BCUT2D eigenvalue weighted by Crippen LogP contribution is -2.69. The van der Waals surface area contributed by atoms with Crippen molar-refractivity contribution >= 4 is 17.5 Å². The summed E-state index contributed by atoms with van der Waals surface area (Å²) in [7, 11) is 1.82. The van der Waals surface area contributed by atoms with Crippen LogP contribution in [0.2, 0.25) is 0 Å². The second-order valence-corrected chi connectivity index (χ2v) is 12.1. The average molecular weight is 514 g/mol. The summed E-state index contributed by atoms with van der Waals surface area (Å²) in [5.41, 5.74) is -5.07. The summed E-state index contributed by atoms with van der Waals surface area (Å²) in [6, 6.07) is 0. The lowest BCUT2D eigenvalue weighted by molar-refractivity contribution is -0.219. The first-order chi connectivity index (χ1) is 17.3. The number of nitrogens with zero attached hydrogens (tertiary/aromatic N) is 1. The van der Waals surface area contributed by atoms with Crippen molar-refractivity contribution in [1.82, 2.24) is 4.90 Å². The number of aliphatic hydroxyl groups is 2. The van der Waals surface area contributed by atoms with Gasteiger partial charge in [-0.3, -0.25) is 9.59 Å². The van der Waals surface area contributed by atoms with Crippen LogP contribution < -0.4 is 0 Å². The van der Waals surface area contributed by atoms with Crippen molar-refractivity contribution in [2.45, 2.75) is 63.8 Å². The summed E-state index contributed by atoms with van der Waals surface area (Å²) in [5.74, 6) is -2.92. The Morgan fingerprint density at radius 2 is 2.00 bits per heavy atom. The molecule has 3 saturated carbocycles. The zero-order valence-corrected chi connectivity index (χ0v) is 21.9. The van der Waals surface area contributed by atoms with Crippen LogP contribution in [-0.2, 0) is 19.1 Å². The maximum atomic E-state index is 17.2. The molecule has 8 atom stereocenters. The van der Waals surface area contributed by atoms with Crippen molar-refractivity contribution in [3.63, 3.8) is 0 Å². The van der Waals surface area contributed by atoms with Crippen LogP contribution in [0.4, 0.5) is 4.39 Å². The van der Waals surface area contributed by atoms with Crippen LogP contribution in [0.3, 0.4) is 0 Å². The Morgan fingerprint density at radius 3 is 2.70 bits per heavy atom. The van der Waals surface area contributed by atoms with E-state index in [2.05, 4.69) is 0 Å². The summed E-state index contributed by atoms with van der Waals surface area (Å²) in [6.07, 6.45) is 9.38. The first-order valence-corrected chi connectivity index (χ1v) is 13.1. The highest BCUT2D eigenvalue weighted by Crippen LogP contribution is 2.70. The molecule has 0 spiro atoms. The van der Waals surface area contributed by atoms with Gasteiger partial charge in [-0.25, -0.2) is 9.18 Å². The number of allylic oxidation sites excluding steroid dienone is 6. The van der Waals surface area contributed by atoms with Crippen LogP contribution in [-0.4, -0.2) is 70.2 Å². The molecular weight excluding hydrogens is 477 g/mol. The second-order valence-electron chi connectivity index (χ2n) is 12.1. The maximum absolute atomic E-state index is 17.2. The average Bonchev–Trinajstić information content (AvgIpc) is 3.05. The fraction of sp³-hybridized carbons (Fsp3) is 0.621. The Balaban J connectivity index is 1.42. The summed E-state index contributed by atoms with van der Waals surface area (Å²) >= 11 is 0. The molecule has 0 bridgehead atoms. The van der Waals surface area contributed by atoms with E-state index in [4.69, 9.17) is 4.74 Å². The van der Waals surface area contributed by atoms with E-state index in [1.165, 1.54) is 12.2 Å². The number of alkyl halides is 1. The molecule has 3 fully saturated rings. The Kier molecular flexibility index (Phi) is 5.96. The molecule has 5 rings (SSSR count). The standard InChI is InChI=1S/C29H36FNO6/c1-17-12-22-21-8-7-19-13-20(32)9-10-26(19,2)28(21,30)23(33)14-27(22,3)29(17,36)24(34)16-37-25(35)18-6-5-11-31(4)15-18/h5-6,9-11,13,17,21-23,33,36H,7-8,12,14-16H2,1-4H3/t17-,21?,22?,23?,26?,27?,28+,29+/m1/s1. The van der Waals surface area contributed by atoms with Gasteiger partial charge in [-0.1, -0.05) is 25.5 Å². The predicted molar refractivity (Wildman–Crippen MR) is 134 cm³/mol. The van der Waals surface area contributed by atoms with Gasteiger partial charge in [-0.2, -0.15) is 0 Å². The van der Waals surface area contributed by atoms with E-state index in [0.29, 0.717) is 37.0 Å². The van der Waals surface area contributed by atoms with Gasteiger partial charge in [0.1, 0.15) is 5.60 Å². The number of carbonyl (C=O) groups excluding carboxylic acids is 3. The molecule has 37 heavy (non-hydrogen) atoms. The highest BCUT2D eigenvalue weighted by molar-refractivity contribution is 6.01. The third-order valence-corrected chi connectivity index (χ3v) is 10.3. The number of hydrogen-bond donors (Lipinski definition) is 2. The minimum atomic E-state index is -2.04. The van der Waals surface area contributed by atoms with Gasteiger partial charge in [-0.15, -0.1) is 0 Å². The van der Waals surface area contributed by atoms with Crippen LogP contribution in [0.25, 0.3) is 0 Å². The molecule has 0 amide bonds. The zero-order chi connectivity index (χ0) is 27.0. The fourth-order valence-electron chi connectivity index (χ4n) is 8.29. The van der Waals surface area contributed by atoms with Crippen molar-refractivity contribution in [3.05, 3.63) is 47.7 Å². The minimum absolute atomic E-state index is 0.114. The number of fused-ring (bicyclic) bond motifs is 5. The van der Waals surface area contributed by atoms with E-state index in [9.17, 15) is 24.6 Å². The molecule has 0 aromatic heterocycles. The summed E-state index contributed by atoms with van der Waals surface area (Å²) < 4.78 is 22.6. The van der Waals surface area contributed by atoms with Gasteiger partial charge in [0.2, 0.25) is 5.78 Å². The Morgan fingerprint density at radius 1 is 1.27 bits per heavy atom. The first-order valence-electron chi connectivity index (χ1n) is 13.1. The van der Waals surface area contributed by atoms with Gasteiger partial charge in [-0.05, 0) is 74.9 Å². The van der Waals surface area contributed by atoms with E-state index < -0.39 is 58.4 Å². The number of hydrogen-bond acceptors (Lipinski definition) is 7. The highest BCUT2D eigenvalue weighted by Gasteiger charge is 2.75. The second kappa shape index (κ2) is 8.46. The van der Waals surface area contributed by atoms with Gasteiger partial charge in [0.15, 0.2) is 18.1 Å². The summed E-state index contributed by atoms with van der Waals surface area (Å²) in [4.78, 5) is 40.0. The number of esters is 1. The topological polar surface area (TPSA) is 104 Å². The SMILES string of the molecule is C[C@@H]1CC2C3CCC4=CC(=O)C=CC4(C)[C@@]3(F)C(O)CC2(C)[C@@]1(O)C(=O)COC(=O)C1=CC=CN(C)C1. The van der Waals surface area contributed by atoms with Crippen molar-refractivity contribution in [1.29, 1.82) is 0 Å². The van der Waals surface area contributed by atoms with Crippen LogP contribution >= 0.6 is 0 Å². The van der Waals surface area contributed by atoms with E-state index >= 15 is 4.39 Å². The Hall–Kier alpha value is -2.58. The zero-order valence-electron chi connectivity index (χ0n) is 21.9. The monoisotopic (exact) mass is 513 g/mol. The van der Waals surface area contributed by atoms with Crippen molar-refractivity contribution in [2.75, 3.05) is 20.2 Å². The van der Waals surface area contributed by atoms with Gasteiger partial charge in [0.05, 0.1) is 11.7 Å². The lowest BCUT2D eigenvalue weighted by Gasteiger charge is -2.62. The third-order valence-electron chi connectivity index (χ3n) is 10.3. The van der Waals surface area contributed by atoms with E-state index in [1.54, 1.807) is 39.0 Å². The lowest BCUT2D eigenvalue weighted by atomic mass is 9.44. The molecule has 0 radical (unpaired) electrons. The van der Waals surface area contributed by atoms with E-state index in [1.807, 2.05) is 18.1 Å². The van der Waals surface area contributed by atoms with Crippen LogP contribution in [0.5, 0.6) is 0 Å². The molecule has 5 aliphatic rings. The van der Waals surface area contributed by atoms with Gasteiger partial charge in [0, 0.05) is 30.3 Å². The fourth-order valence-corrected chi connectivity index (χ4v) is 8.29. The number of carbonyl (C=O) groups is 3. The number of ether oxygens (including phenoxy) is 1. The van der Waals surface area contributed by atoms with Crippen molar-refractivity contribution in [3.8, 4) is 0 Å². The molecule has 200 valence electrons. The number of likely N-dealkylation sites (N-methyl/N-ethyl adjacent to an activating group) is 1.